The molecule has 13 nitrogen and oxygen atoms in total. The number of benzene rings is 12. The summed E-state index contributed by atoms with van der Waals surface area (Å²) in [4.78, 5) is 74.2. The number of rotatable bonds is 27. The third-order valence-corrected chi connectivity index (χ3v) is 27.5. The van der Waals surface area contributed by atoms with Gasteiger partial charge in [0.2, 0.25) is 0 Å². The quantitative estimate of drug-likeness (QED) is 0.0379. The van der Waals surface area contributed by atoms with Gasteiger partial charge in [-0.15, -0.1) is 0 Å². The van der Waals surface area contributed by atoms with E-state index in [1.807, 2.05) is 193 Å². The average molecular weight is 2040 g/mol. The maximum Gasteiger partial charge on any atom is 0.190 e. The zero-order valence-corrected chi connectivity index (χ0v) is 86.6. The lowest BCUT2D eigenvalue weighted by atomic mass is 10.0. The molecule has 0 saturated heterocycles. The van der Waals surface area contributed by atoms with Gasteiger partial charge in [-0.1, -0.05) is 260 Å². The van der Waals surface area contributed by atoms with E-state index in [2.05, 4.69) is 161 Å². The number of aliphatic hydroxyl groups is 1. The second-order valence-corrected chi connectivity index (χ2v) is 41.1. The molecule has 13 rings (SSSR count). The molecular weight excluding hydrogens is 1920 g/mol. The van der Waals surface area contributed by atoms with Gasteiger partial charge in [-0.25, -0.2) is 0 Å². The summed E-state index contributed by atoms with van der Waals surface area (Å²) in [5.74, 6) is 5.92. The molecule has 0 aromatic heterocycles. The molecule has 1 saturated carbocycles. The Morgan fingerprint density at radius 1 is 0.308 bits per heavy atom. The molecule has 0 atom stereocenters. The van der Waals surface area contributed by atoms with E-state index in [0.29, 0.717) is 45.6 Å². The highest BCUT2D eigenvalue weighted by molar-refractivity contribution is 14.1. The van der Waals surface area contributed by atoms with Gasteiger partial charge in [0.05, 0.1) is 6.61 Å². The van der Waals surface area contributed by atoms with Crippen molar-refractivity contribution in [3.05, 3.63) is 349 Å². The smallest absolute Gasteiger partial charge is 0.190 e. The van der Waals surface area contributed by atoms with Crippen LogP contribution in [0.4, 0.5) is 0 Å². The van der Waals surface area contributed by atoms with Gasteiger partial charge in [-0.3, -0.25) is 28.8 Å². The molecule has 0 aliphatic heterocycles. The van der Waals surface area contributed by atoms with Gasteiger partial charge in [0.1, 0.15) is 74.1 Å². The van der Waals surface area contributed by atoms with Crippen LogP contribution in [0.25, 0.3) is 0 Å². The predicted molar refractivity (Wildman–Crippen MR) is 552 cm³/mol. The second kappa shape index (κ2) is 53.4. The topological polar surface area (TPSA) is 178 Å². The van der Waals surface area contributed by atoms with Crippen molar-refractivity contribution in [2.75, 3.05) is 0 Å². The number of halogens is 2. The lowest BCUT2D eigenvalue weighted by Crippen LogP contribution is -2.04. The molecule has 21 heteroatoms. The third-order valence-electron chi connectivity index (χ3n) is 20.5. The van der Waals surface area contributed by atoms with Crippen LogP contribution in [0.5, 0.6) is 34.5 Å². The van der Waals surface area contributed by atoms with Crippen molar-refractivity contribution in [1.29, 1.82) is 0 Å². The van der Waals surface area contributed by atoms with Crippen LogP contribution in [-0.4, -0.2) is 35.8 Å². The van der Waals surface area contributed by atoms with Crippen LogP contribution < -0.4 is 28.4 Å². The lowest BCUT2D eigenvalue weighted by Gasteiger charge is -2.16. The molecule has 130 heavy (non-hydrogen) atoms. The molecule has 0 heterocycles. The van der Waals surface area contributed by atoms with E-state index in [4.69, 9.17) is 28.4 Å². The Hall–Kier alpha value is -9.27. The zero-order chi connectivity index (χ0) is 94.8. The van der Waals surface area contributed by atoms with Crippen LogP contribution in [-0.2, 0) is 81.4 Å². The van der Waals surface area contributed by atoms with E-state index >= 15 is 0 Å². The van der Waals surface area contributed by atoms with Crippen LogP contribution in [0.15, 0.2) is 252 Å². The number of thioether (sulfide) groups is 6. The van der Waals surface area contributed by atoms with E-state index in [9.17, 15) is 33.9 Å². The number of hydrogen-bond acceptors (Lipinski definition) is 19. The minimum Gasteiger partial charge on any atom is -0.489 e. The Labute approximate surface area is 817 Å². The van der Waals surface area contributed by atoms with Gasteiger partial charge in [-0.05, 0) is 278 Å². The predicted octanol–water partition coefficient (Wildman–Crippen LogP) is 29.7. The van der Waals surface area contributed by atoms with E-state index in [-0.39, 0.29) is 37.3 Å². The molecule has 12 aromatic carbocycles. The fraction of sp³-hybridized carbons (Fsp3) is 0.284. The molecule has 1 aliphatic rings. The molecule has 1 N–H and O–H groups in total. The van der Waals surface area contributed by atoms with Crippen LogP contribution >= 0.6 is 109 Å². The minimum absolute atomic E-state index is 0.0165. The van der Waals surface area contributed by atoms with Crippen LogP contribution in [0, 0.1) is 93.6 Å². The van der Waals surface area contributed by atoms with Crippen molar-refractivity contribution in [3.63, 3.8) is 0 Å². The largest absolute Gasteiger partial charge is 0.489 e. The maximum absolute atomic E-state index is 11.6. The fourth-order valence-electron chi connectivity index (χ4n) is 13.9. The number of ether oxygens (including phenoxy) is 6. The molecule has 0 radical (unpaired) electrons. The van der Waals surface area contributed by atoms with Crippen molar-refractivity contribution >= 4 is 140 Å². The molecule has 1 aliphatic carbocycles. The maximum atomic E-state index is 11.6. The van der Waals surface area contributed by atoms with E-state index in [1.54, 1.807) is 34.6 Å². The normalized spacial score (nSPS) is 11.1. The Morgan fingerprint density at radius 3 is 0.885 bits per heavy atom. The van der Waals surface area contributed by atoms with Gasteiger partial charge in [0.25, 0.3) is 0 Å². The van der Waals surface area contributed by atoms with Crippen LogP contribution in [0.3, 0.4) is 0 Å². The number of aryl methyl sites for hydroxylation is 14. The van der Waals surface area contributed by atoms with Crippen molar-refractivity contribution in [1.82, 2.24) is 0 Å². The number of aliphatic hydroxyl groups excluding tert-OH is 1. The molecule has 12 aromatic rings. The summed E-state index contributed by atoms with van der Waals surface area (Å²) >= 11 is 13.3. The SMILES string of the molecule is CC(=O)Sc1cccc(Br)c1COc1ccc(C)cc1C.CC(=O)Sc1cccc(C)c1COc1ccc(C)cc1C.CC(=O)Sc1cccc(C2CC2)c1COc1ccc(C)cc1C.CC(=O)Sc1cccc(CO)c1COc1ccc(C)cc1C.CC(=O)Sc1cccc(I)c1COc1ccc(C)cc1C.CCc1cccc(SC(C)=O)c1COc1ccc(C)cc1C. The monoisotopic (exact) mass is 2030 g/mol. The van der Waals surface area contributed by atoms with Crippen molar-refractivity contribution in [2.24, 2.45) is 0 Å². The zero-order valence-electron chi connectivity index (χ0n) is 78.0. The van der Waals surface area contributed by atoms with Crippen LogP contribution in [0.1, 0.15) is 190 Å². The number of carbonyl (C=O) groups is 6. The van der Waals surface area contributed by atoms with Gasteiger partial charge in [0, 0.05) is 112 Å². The van der Waals surface area contributed by atoms with E-state index < -0.39 is 0 Å². The standard InChI is InChI=1S/C20H22O2S.C19H22O2S.C18H20O3S.C18H20O2S.C17H17BrO2S.C17H17IO2S/c1-13-7-10-19(14(2)11-13)22-12-18-17(16-8-9-16)5-4-6-20(18)23-15(3)21;1-5-16-7-6-8-19(22-15(4)20)17(16)12-21-18-10-9-13(2)11-14(18)3;1-12-7-8-17(13(2)9-12)21-11-16-15(10-19)5-4-6-18(16)22-14(3)20;1-12-8-9-17(14(3)10-12)20-11-16-13(2)6-5-7-18(16)21-15(4)19;2*1-11-7-8-16(12(2)9-11)20-10-14-15(18)5-4-6-17(14)21-13(3)19/h4-7,10-11,16H,8-9,12H2,1-3H3;6-11H,5,12H2,1-4H3;4-9,19H,10-11H2,1-3H3;5-10H,11H2,1-4H3;2*4-9H,10H2,1-3H3. The molecular formula is C109H118BrIO13S6. The molecule has 0 bridgehead atoms. The second-order valence-electron chi connectivity index (χ2n) is 31.8. The number of carbonyl (C=O) groups excluding carboxylic acids is 6. The molecule has 0 spiro atoms. The Morgan fingerprint density at radius 2 is 0.562 bits per heavy atom. The van der Waals surface area contributed by atoms with Crippen molar-refractivity contribution in [2.45, 2.75) is 239 Å². The molecule has 1 fully saturated rings. The third kappa shape index (κ3) is 34.7. The summed E-state index contributed by atoms with van der Waals surface area (Å²) in [6.07, 6.45) is 3.41. The Bertz CT molecular complexity index is 5550. The first-order chi connectivity index (χ1) is 62.0. The van der Waals surface area contributed by atoms with E-state index in [0.717, 1.165) is 151 Å². The first-order valence-corrected chi connectivity index (χ1v) is 49.6. The summed E-state index contributed by atoms with van der Waals surface area (Å²) in [6, 6.07) is 72.6. The fourth-order valence-corrected chi connectivity index (χ4v) is 20.0. The summed E-state index contributed by atoms with van der Waals surface area (Å²) in [5.41, 5.74) is 24.9. The number of hydrogen-bond donors (Lipinski definition) is 1. The summed E-state index contributed by atoms with van der Waals surface area (Å²) in [7, 11) is 0. The van der Waals surface area contributed by atoms with E-state index in [1.165, 1.54) is 140 Å². The van der Waals surface area contributed by atoms with Crippen molar-refractivity contribution in [3.8, 4) is 34.5 Å². The van der Waals surface area contributed by atoms with Gasteiger partial charge in [-0.2, -0.15) is 0 Å². The van der Waals surface area contributed by atoms with Crippen LogP contribution in [0.2, 0.25) is 0 Å². The van der Waals surface area contributed by atoms with Crippen molar-refractivity contribution < 1.29 is 62.3 Å². The lowest BCUT2D eigenvalue weighted by molar-refractivity contribution is -0.109. The molecule has 682 valence electrons. The average Bonchev–Trinajstić information content (AvgIpc) is 1.65. The summed E-state index contributed by atoms with van der Waals surface area (Å²) < 4.78 is 37.9. The Balaban J connectivity index is 0.000000193. The highest BCUT2D eigenvalue weighted by Gasteiger charge is 2.28. The van der Waals surface area contributed by atoms with Gasteiger partial charge >= 0.3 is 0 Å². The summed E-state index contributed by atoms with van der Waals surface area (Å²) in [5, 5.41) is 10.00. The highest BCUT2D eigenvalue weighted by atomic mass is 127. The summed E-state index contributed by atoms with van der Waals surface area (Å²) in [6.45, 7) is 41.0. The van der Waals surface area contributed by atoms with Gasteiger partial charge < -0.3 is 33.5 Å². The molecule has 0 amide bonds. The Kier molecular flexibility index (Phi) is 43.6. The first kappa shape index (κ1) is 106. The molecule has 0 unspecified atom stereocenters. The van der Waals surface area contributed by atoms with Gasteiger partial charge in [0.15, 0.2) is 30.7 Å². The minimum atomic E-state index is -0.0715. The highest BCUT2D eigenvalue weighted by Crippen LogP contribution is 2.45. The first-order valence-electron chi connectivity index (χ1n) is 42.9.